The molecule has 2 radical (unpaired) electrons. The van der Waals surface area contributed by atoms with Crippen LogP contribution in [0.25, 0.3) is 0 Å². The lowest BCUT2D eigenvalue weighted by molar-refractivity contribution is 0.242. The van der Waals surface area contributed by atoms with Crippen molar-refractivity contribution in [3.63, 3.8) is 0 Å². The first kappa shape index (κ1) is 5.23. The summed E-state index contributed by atoms with van der Waals surface area (Å²) in [6, 6.07) is -0.602. The number of amides is 2. The first-order valence-electron chi connectivity index (χ1n) is 1.43. The van der Waals surface area contributed by atoms with Crippen LogP contribution >= 0.6 is 0 Å². The first-order chi connectivity index (χ1) is 2.81. The maximum absolute atomic E-state index is 9.71. The molecular weight excluding hydrogens is 82.0 g/mol. The van der Waals surface area contributed by atoms with Gasteiger partial charge in [-0.2, -0.15) is 0 Å². The Morgan fingerprint density at radius 3 is 2.33 bits per heavy atom. The average molecular weight is 87.1 g/mol. The molecule has 0 aliphatic heterocycles. The Morgan fingerprint density at radius 2 is 2.33 bits per heavy atom. The van der Waals surface area contributed by atoms with Gasteiger partial charge in [0.25, 0.3) is 0 Å². The quantitative estimate of drug-likeness (QED) is 0.362. The predicted octanol–water partition coefficient (Wildman–Crippen LogP) is -1.10. The zero-order chi connectivity index (χ0) is 4.99. The van der Waals surface area contributed by atoms with Gasteiger partial charge in [0.05, 0.1) is 0 Å². The average Bonchev–Trinajstić information content (AvgIpc) is 1.65. The molecule has 0 aliphatic carbocycles. The van der Waals surface area contributed by atoms with Crippen molar-refractivity contribution in [3.8, 4) is 0 Å². The van der Waals surface area contributed by atoms with Crippen molar-refractivity contribution in [1.82, 2.24) is 16.6 Å². The zero-order valence-electron chi connectivity index (χ0n) is 3.36. The molecule has 34 valence electrons. The van der Waals surface area contributed by atoms with Crippen LogP contribution in [0.2, 0.25) is 0 Å². The number of hydrogen-bond acceptors (Lipinski definition) is 1. The number of rotatable bonds is 0. The molecule has 0 aromatic carbocycles. The summed E-state index contributed by atoms with van der Waals surface area (Å²) in [5.74, 6) is 7.67. The van der Waals surface area contributed by atoms with Gasteiger partial charge in [-0.25, -0.2) is 10.2 Å². The molecule has 4 nitrogen and oxygen atoms in total. The molecule has 0 fully saturated rings. The van der Waals surface area contributed by atoms with Gasteiger partial charge in [0.2, 0.25) is 0 Å². The zero-order valence-corrected chi connectivity index (χ0v) is 3.36. The Balaban J connectivity index is 2.99. The first-order valence-corrected chi connectivity index (χ1v) is 1.43. The third kappa shape index (κ3) is 1.54. The second-order valence-electron chi connectivity index (χ2n) is 0.691. The molecule has 2 amide bonds. The van der Waals surface area contributed by atoms with Crippen LogP contribution in [0.3, 0.4) is 0 Å². The fraction of sp³-hybridized carbons (Fsp3) is 0.500. The molecule has 0 bridgehead atoms. The summed E-state index contributed by atoms with van der Waals surface area (Å²) in [6.45, 7) is 0. The van der Waals surface area contributed by atoms with Crippen LogP contribution in [0.15, 0.2) is 0 Å². The topological polar surface area (TPSA) is 63.4 Å². The van der Waals surface area contributed by atoms with Crippen LogP contribution < -0.4 is 16.6 Å². The van der Waals surface area contributed by atoms with E-state index in [-0.39, 0.29) is 0 Å². The smallest absolute Gasteiger partial charge is 0.331 e. The van der Waals surface area contributed by atoms with Gasteiger partial charge in [-0.3, -0.25) is 0 Å². The van der Waals surface area contributed by atoms with Crippen molar-refractivity contribution in [2.45, 2.75) is 0 Å². The molecule has 2 N–H and O–H groups in total. The van der Waals surface area contributed by atoms with Gasteiger partial charge in [-0.1, -0.05) is 0 Å². The summed E-state index contributed by atoms with van der Waals surface area (Å²) in [6.07, 6.45) is 0. The second-order valence-corrected chi connectivity index (χ2v) is 0.691. The minimum atomic E-state index is -0.602. The molecule has 4 heteroatoms. The van der Waals surface area contributed by atoms with E-state index in [0.29, 0.717) is 0 Å². The highest BCUT2D eigenvalue weighted by molar-refractivity contribution is 5.72. The van der Waals surface area contributed by atoms with Crippen LogP contribution in [-0.4, -0.2) is 13.1 Å². The predicted molar refractivity (Wildman–Crippen MR) is 19.7 cm³/mol. The normalized spacial score (nSPS) is 7.00. The fourth-order valence-electron chi connectivity index (χ4n) is 0.0559. The van der Waals surface area contributed by atoms with Gasteiger partial charge in [0.1, 0.15) is 0 Å². The van der Waals surface area contributed by atoms with Crippen molar-refractivity contribution < 1.29 is 4.79 Å². The van der Waals surface area contributed by atoms with E-state index in [4.69, 9.17) is 5.84 Å². The van der Waals surface area contributed by atoms with Crippen LogP contribution in [0.1, 0.15) is 0 Å². The highest BCUT2D eigenvalue weighted by Gasteiger charge is 1.84. The summed E-state index contributed by atoms with van der Waals surface area (Å²) in [5.41, 5.74) is 1.36. The number of carbonyl (C=O) groups excluding carboxylic acids is 1. The maximum atomic E-state index is 9.71. The van der Waals surface area contributed by atoms with Gasteiger partial charge in [-0.05, 0) is 5.84 Å². The van der Waals surface area contributed by atoms with Crippen LogP contribution in [-0.2, 0) is 0 Å². The van der Waals surface area contributed by atoms with E-state index in [1.165, 1.54) is 12.5 Å². The SMILES string of the molecule is CNC(=O)N[N]. The number of carbonyl (C=O) groups is 1. The molecule has 0 saturated heterocycles. The molecule has 0 aliphatic rings. The highest BCUT2D eigenvalue weighted by Crippen LogP contribution is 1.47. The van der Waals surface area contributed by atoms with Crippen molar-refractivity contribution in [2.75, 3.05) is 7.05 Å². The lowest BCUT2D eigenvalue weighted by Crippen LogP contribution is -2.30. The molecule has 0 unspecified atom stereocenters. The van der Waals surface area contributed by atoms with Gasteiger partial charge < -0.3 is 5.32 Å². The third-order valence-corrected chi connectivity index (χ3v) is 0.329. The summed E-state index contributed by atoms with van der Waals surface area (Å²) >= 11 is 0. The highest BCUT2D eigenvalue weighted by atomic mass is 16.2. The molecule has 6 heavy (non-hydrogen) atoms. The van der Waals surface area contributed by atoms with Gasteiger partial charge in [0.15, 0.2) is 0 Å². The lowest BCUT2D eigenvalue weighted by atomic mass is 11.0. The molecule has 0 heterocycles. The molecule has 0 saturated carbocycles. The Morgan fingerprint density at radius 1 is 1.83 bits per heavy atom. The minimum absolute atomic E-state index is 0.602. The van der Waals surface area contributed by atoms with Crippen molar-refractivity contribution >= 4 is 6.03 Å². The Kier molecular flexibility index (Phi) is 2.15. The Labute approximate surface area is 35.7 Å². The lowest BCUT2D eigenvalue weighted by Gasteiger charge is -1.88. The maximum Gasteiger partial charge on any atom is 0.331 e. The van der Waals surface area contributed by atoms with Crippen molar-refractivity contribution in [3.05, 3.63) is 0 Å². The van der Waals surface area contributed by atoms with E-state index in [0.717, 1.165) is 0 Å². The molecule has 0 atom stereocenters. The van der Waals surface area contributed by atoms with Crippen LogP contribution in [0, 0.1) is 0 Å². The second kappa shape index (κ2) is 2.47. The molecule has 0 aromatic rings. The monoisotopic (exact) mass is 87.0 g/mol. The fourth-order valence-corrected chi connectivity index (χ4v) is 0.0559. The molecule has 0 spiro atoms. The summed E-state index contributed by atoms with van der Waals surface area (Å²) in [7, 11) is 1.41. The van der Waals surface area contributed by atoms with E-state index in [9.17, 15) is 4.79 Å². The van der Waals surface area contributed by atoms with Crippen LogP contribution in [0.5, 0.6) is 0 Å². The number of nitrogens with one attached hydrogen (secondary N) is 2. The Bertz CT molecular complexity index is 46.8. The van der Waals surface area contributed by atoms with E-state index < -0.39 is 6.03 Å². The Hall–Kier alpha value is -0.770. The standard InChI is InChI=1S/C2H5N3O/c1-4-2(6)5-3/h1H3,(H2,4,5,6). The number of hydrogen-bond donors (Lipinski definition) is 2. The van der Waals surface area contributed by atoms with E-state index >= 15 is 0 Å². The van der Waals surface area contributed by atoms with E-state index in [1.54, 1.807) is 0 Å². The van der Waals surface area contributed by atoms with Gasteiger partial charge in [-0.15, -0.1) is 0 Å². The largest absolute Gasteiger partial charge is 0.340 e. The summed E-state index contributed by atoms with van der Waals surface area (Å²) in [4.78, 5) is 9.71. The van der Waals surface area contributed by atoms with Gasteiger partial charge >= 0.3 is 6.03 Å². The molecule has 0 rings (SSSR count). The van der Waals surface area contributed by atoms with Crippen molar-refractivity contribution in [2.24, 2.45) is 0 Å². The van der Waals surface area contributed by atoms with Crippen LogP contribution in [0.4, 0.5) is 4.79 Å². The molecule has 0 aromatic heterocycles. The van der Waals surface area contributed by atoms with Gasteiger partial charge in [0, 0.05) is 7.05 Å². The number of nitrogens with zero attached hydrogens (tertiary/aromatic N) is 1. The summed E-state index contributed by atoms with van der Waals surface area (Å²) < 4.78 is 0. The van der Waals surface area contributed by atoms with E-state index in [2.05, 4.69) is 5.32 Å². The van der Waals surface area contributed by atoms with Crippen molar-refractivity contribution in [1.29, 1.82) is 0 Å². The molecular formula is C2H5N3O. The number of urea groups is 1. The minimum Gasteiger partial charge on any atom is -0.340 e. The summed E-state index contributed by atoms with van der Waals surface area (Å²) in [5, 5.41) is 2.11. The third-order valence-electron chi connectivity index (χ3n) is 0.329. The van der Waals surface area contributed by atoms with E-state index in [1.807, 2.05) is 0 Å².